The number of aryl methyl sites for hydroxylation is 1. The molecule has 2 N–H and O–H groups in total. The zero-order chi connectivity index (χ0) is 16.7. The fraction of sp³-hybridized carbons (Fsp3) is 0.188. The van der Waals surface area contributed by atoms with E-state index >= 15 is 0 Å². The van der Waals surface area contributed by atoms with Gasteiger partial charge in [-0.3, -0.25) is 4.57 Å². The third-order valence-electron chi connectivity index (χ3n) is 3.81. The Kier molecular flexibility index (Phi) is 3.70. The molecule has 0 aliphatic carbocycles. The molecule has 1 aromatic carbocycles. The lowest BCUT2D eigenvalue weighted by Crippen LogP contribution is -2.06. The summed E-state index contributed by atoms with van der Waals surface area (Å²) in [6.45, 7) is 3.93. The summed E-state index contributed by atoms with van der Waals surface area (Å²) in [6, 6.07) is 5.97. The summed E-state index contributed by atoms with van der Waals surface area (Å²) in [6.07, 6.45) is 1.55. The molecule has 0 bridgehead atoms. The molecule has 0 fully saturated rings. The fourth-order valence-electron chi connectivity index (χ4n) is 2.76. The van der Waals surface area contributed by atoms with Crippen LogP contribution in [0.25, 0.3) is 16.9 Å². The number of rotatable bonds is 2. The van der Waals surface area contributed by atoms with Gasteiger partial charge in [-0.15, -0.1) is 0 Å². The van der Waals surface area contributed by atoms with Gasteiger partial charge in [0, 0.05) is 5.56 Å². The molecule has 0 spiro atoms. The number of halogens is 1. The lowest BCUT2D eigenvalue weighted by Gasteiger charge is -2.16. The maximum absolute atomic E-state index is 9.44. The highest BCUT2D eigenvalue weighted by Gasteiger charge is 2.22. The van der Waals surface area contributed by atoms with Gasteiger partial charge in [0.2, 0.25) is 0 Å². The molecule has 0 radical (unpaired) electrons. The summed E-state index contributed by atoms with van der Waals surface area (Å²) in [4.78, 5) is 8.76. The second-order valence-electron chi connectivity index (χ2n) is 5.13. The minimum absolute atomic E-state index is 0.319. The third-order valence-corrected chi connectivity index (χ3v) is 4.19. The molecular formula is C16H14BrN5O. The van der Waals surface area contributed by atoms with Crippen LogP contribution < -0.4 is 10.5 Å². The van der Waals surface area contributed by atoms with Crippen molar-refractivity contribution in [3.63, 3.8) is 0 Å². The summed E-state index contributed by atoms with van der Waals surface area (Å²) in [5, 5.41) is 9.44. The van der Waals surface area contributed by atoms with Crippen LogP contribution in [0.2, 0.25) is 0 Å². The summed E-state index contributed by atoms with van der Waals surface area (Å²) in [5.41, 5.74) is 10.3. The van der Waals surface area contributed by atoms with E-state index in [1.165, 1.54) is 0 Å². The van der Waals surface area contributed by atoms with Gasteiger partial charge in [-0.25, -0.2) is 9.97 Å². The number of ether oxygens (including phenoxy) is 1. The molecule has 0 unspecified atom stereocenters. The topological polar surface area (TPSA) is 89.8 Å². The molecule has 0 aliphatic heterocycles. The highest BCUT2D eigenvalue weighted by atomic mass is 79.9. The Labute approximate surface area is 141 Å². The molecule has 7 heteroatoms. The number of nitrogens with zero attached hydrogens (tertiary/aromatic N) is 4. The minimum Gasteiger partial charge on any atom is -0.496 e. The first-order valence-electron chi connectivity index (χ1n) is 6.86. The van der Waals surface area contributed by atoms with Gasteiger partial charge in [0.1, 0.15) is 33.3 Å². The second-order valence-corrected chi connectivity index (χ2v) is 5.94. The number of benzene rings is 1. The zero-order valence-electron chi connectivity index (χ0n) is 12.9. The van der Waals surface area contributed by atoms with E-state index in [9.17, 15) is 5.26 Å². The Morgan fingerprint density at radius 1 is 1.35 bits per heavy atom. The van der Waals surface area contributed by atoms with Crippen molar-refractivity contribution in [2.24, 2.45) is 0 Å². The van der Waals surface area contributed by atoms with Crippen LogP contribution in [0, 0.1) is 25.2 Å². The van der Waals surface area contributed by atoms with Crippen molar-refractivity contribution in [1.82, 2.24) is 14.5 Å². The summed E-state index contributed by atoms with van der Waals surface area (Å²) in [7, 11) is 1.62. The number of methoxy groups -OCH3 is 1. The van der Waals surface area contributed by atoms with Crippen molar-refractivity contribution >= 4 is 32.9 Å². The monoisotopic (exact) mass is 371 g/mol. The first kappa shape index (κ1) is 15.3. The number of fused-ring (bicyclic) bond motifs is 1. The van der Waals surface area contributed by atoms with E-state index in [2.05, 4.69) is 32.0 Å². The normalized spacial score (nSPS) is 10.7. The van der Waals surface area contributed by atoms with E-state index in [-0.39, 0.29) is 0 Å². The molecule has 0 saturated carbocycles. The number of aromatic nitrogens is 3. The van der Waals surface area contributed by atoms with E-state index in [1.807, 2.05) is 26.0 Å². The summed E-state index contributed by atoms with van der Waals surface area (Å²) >= 11 is 3.32. The quantitative estimate of drug-likeness (QED) is 0.746. The van der Waals surface area contributed by atoms with Gasteiger partial charge in [0.25, 0.3) is 0 Å². The van der Waals surface area contributed by atoms with E-state index in [1.54, 1.807) is 17.9 Å². The average Bonchev–Trinajstić information content (AvgIpc) is 2.79. The molecule has 0 atom stereocenters. The largest absolute Gasteiger partial charge is 0.496 e. The number of nitrogens with two attached hydrogens (primary N) is 1. The molecule has 23 heavy (non-hydrogen) atoms. The van der Waals surface area contributed by atoms with Crippen LogP contribution in [-0.4, -0.2) is 21.6 Å². The molecule has 3 rings (SSSR count). The SMILES string of the molecule is COc1ccc(C)c(-n2c(N)c(C#N)c3ncc(Br)nc32)c1C. The van der Waals surface area contributed by atoms with E-state index < -0.39 is 0 Å². The van der Waals surface area contributed by atoms with Crippen molar-refractivity contribution < 1.29 is 4.74 Å². The van der Waals surface area contributed by atoms with E-state index in [0.717, 1.165) is 22.6 Å². The van der Waals surface area contributed by atoms with E-state index in [4.69, 9.17) is 10.5 Å². The van der Waals surface area contributed by atoms with E-state index in [0.29, 0.717) is 27.1 Å². The van der Waals surface area contributed by atoms with Crippen molar-refractivity contribution in [2.45, 2.75) is 13.8 Å². The lowest BCUT2D eigenvalue weighted by atomic mass is 10.1. The standard InChI is InChI=1S/C16H14BrN5O/c1-8-4-5-11(23-3)9(2)14(8)22-15(19)10(6-18)13-16(22)21-12(17)7-20-13/h4-5,7H,19H2,1-3H3. The smallest absolute Gasteiger partial charge is 0.167 e. The first-order valence-corrected chi connectivity index (χ1v) is 7.66. The number of nitriles is 1. The number of hydrogen-bond acceptors (Lipinski definition) is 5. The zero-order valence-corrected chi connectivity index (χ0v) is 14.5. The van der Waals surface area contributed by atoms with Crippen molar-refractivity contribution in [3.8, 4) is 17.5 Å². The van der Waals surface area contributed by atoms with Gasteiger partial charge in [-0.1, -0.05) is 6.07 Å². The highest BCUT2D eigenvalue weighted by Crippen LogP contribution is 2.35. The van der Waals surface area contributed by atoms with Crippen molar-refractivity contribution in [3.05, 3.63) is 39.6 Å². The van der Waals surface area contributed by atoms with Crippen LogP contribution in [0.4, 0.5) is 5.82 Å². The number of anilines is 1. The molecule has 0 amide bonds. The van der Waals surface area contributed by atoms with Crippen molar-refractivity contribution in [1.29, 1.82) is 5.26 Å². The fourth-order valence-corrected chi connectivity index (χ4v) is 3.03. The van der Waals surface area contributed by atoms with Crippen LogP contribution >= 0.6 is 15.9 Å². The predicted molar refractivity (Wildman–Crippen MR) is 91.7 cm³/mol. The Balaban J connectivity index is 2.49. The maximum atomic E-state index is 9.44. The predicted octanol–water partition coefficient (Wildman–Crippen LogP) is 3.26. The molecule has 116 valence electrons. The van der Waals surface area contributed by atoms with Crippen LogP contribution in [0.5, 0.6) is 5.75 Å². The minimum atomic E-state index is 0.319. The number of hydrogen-bond donors (Lipinski definition) is 1. The van der Waals surface area contributed by atoms with Crippen molar-refractivity contribution in [2.75, 3.05) is 12.8 Å². The van der Waals surface area contributed by atoms with Gasteiger partial charge in [0.05, 0.1) is 19.0 Å². The molecule has 3 aromatic rings. The molecule has 0 aliphatic rings. The van der Waals surface area contributed by atoms with Crippen LogP contribution in [0.15, 0.2) is 22.9 Å². The van der Waals surface area contributed by atoms with Gasteiger partial charge >= 0.3 is 0 Å². The van der Waals surface area contributed by atoms with Gasteiger partial charge < -0.3 is 10.5 Å². The lowest BCUT2D eigenvalue weighted by molar-refractivity contribution is 0.411. The van der Waals surface area contributed by atoms with Gasteiger partial charge in [-0.2, -0.15) is 5.26 Å². The van der Waals surface area contributed by atoms with Crippen LogP contribution in [0.1, 0.15) is 16.7 Å². The summed E-state index contributed by atoms with van der Waals surface area (Å²) < 4.78 is 7.74. The number of nitrogen functional groups attached to an aromatic ring is 1. The molecule has 2 heterocycles. The molecular weight excluding hydrogens is 358 g/mol. The highest BCUT2D eigenvalue weighted by molar-refractivity contribution is 9.10. The molecule has 6 nitrogen and oxygen atoms in total. The van der Waals surface area contributed by atoms with Crippen LogP contribution in [-0.2, 0) is 0 Å². The second kappa shape index (κ2) is 5.56. The molecule has 0 saturated heterocycles. The Bertz CT molecular complexity index is 971. The first-order chi connectivity index (χ1) is 11.0. The maximum Gasteiger partial charge on any atom is 0.167 e. The third kappa shape index (κ3) is 2.23. The summed E-state index contributed by atoms with van der Waals surface area (Å²) in [5.74, 6) is 1.06. The Morgan fingerprint density at radius 2 is 2.09 bits per heavy atom. The van der Waals surface area contributed by atoms with Gasteiger partial charge in [-0.05, 0) is 41.4 Å². The Hall–Kier alpha value is -2.59. The Morgan fingerprint density at radius 3 is 2.74 bits per heavy atom. The average molecular weight is 372 g/mol. The molecule has 2 aromatic heterocycles. The van der Waals surface area contributed by atoms with Gasteiger partial charge in [0.15, 0.2) is 5.65 Å². The van der Waals surface area contributed by atoms with Crippen LogP contribution in [0.3, 0.4) is 0 Å².